The van der Waals surface area contributed by atoms with Gasteiger partial charge in [-0.15, -0.1) is 5.10 Å². The predicted octanol–water partition coefficient (Wildman–Crippen LogP) is 2.75. The van der Waals surface area contributed by atoms with Crippen molar-refractivity contribution in [3.05, 3.63) is 24.3 Å². The Morgan fingerprint density at radius 1 is 1.40 bits per heavy atom. The molecule has 1 aromatic heterocycles. The first-order valence-electron chi connectivity index (χ1n) is 6.66. The molecule has 1 N–H and O–H groups in total. The molecule has 2 heterocycles. The lowest BCUT2D eigenvalue weighted by Crippen LogP contribution is -2.07. The van der Waals surface area contributed by atoms with Crippen LogP contribution in [0, 0.1) is 0 Å². The fraction of sp³-hybridized carbons (Fsp3) is 0.429. The molecule has 1 aromatic carbocycles. The third-order valence-corrected chi connectivity index (χ3v) is 4.23. The van der Waals surface area contributed by atoms with E-state index in [1.54, 1.807) is 18.9 Å². The van der Waals surface area contributed by atoms with E-state index in [9.17, 15) is 0 Å². The Hall–Kier alpha value is -1.53. The number of hydrogen-bond acceptors (Lipinski definition) is 5. The molecule has 1 unspecified atom stereocenters. The Kier molecular flexibility index (Phi) is 4.22. The molecule has 106 valence electrons. The Balaban J connectivity index is 1.62. The molecule has 0 saturated carbocycles. The predicted molar refractivity (Wildman–Crippen MR) is 78.1 cm³/mol. The summed E-state index contributed by atoms with van der Waals surface area (Å²) in [5.74, 6) is 2.53. The second-order valence-electron chi connectivity index (χ2n) is 4.64. The third kappa shape index (κ3) is 3.13. The number of nitrogens with one attached hydrogen (secondary N) is 1. The van der Waals surface area contributed by atoms with Crippen LogP contribution in [0.4, 0.5) is 0 Å². The number of H-pyrrole nitrogens is 1. The molecule has 2 aromatic rings. The molecular weight excluding hydrogens is 274 g/mol. The lowest BCUT2D eigenvalue weighted by Gasteiger charge is -2.05. The van der Waals surface area contributed by atoms with E-state index in [1.807, 2.05) is 24.3 Å². The van der Waals surface area contributed by atoms with Gasteiger partial charge in [-0.3, -0.25) is 5.10 Å². The van der Waals surface area contributed by atoms with Crippen LogP contribution in [0.3, 0.4) is 0 Å². The SMILES string of the molecule is COc1ccc(-c2nc(SCC3CCCO3)n[nH]2)cc1. The minimum Gasteiger partial charge on any atom is -0.497 e. The molecule has 1 aliphatic heterocycles. The van der Waals surface area contributed by atoms with Crippen molar-refractivity contribution in [3.8, 4) is 17.1 Å². The van der Waals surface area contributed by atoms with Crippen molar-refractivity contribution in [1.82, 2.24) is 15.2 Å². The summed E-state index contributed by atoms with van der Waals surface area (Å²) in [6.07, 6.45) is 2.65. The van der Waals surface area contributed by atoms with Gasteiger partial charge in [-0.25, -0.2) is 4.98 Å². The van der Waals surface area contributed by atoms with Crippen LogP contribution in [0.1, 0.15) is 12.8 Å². The normalized spacial score (nSPS) is 18.4. The van der Waals surface area contributed by atoms with Crippen LogP contribution in [0.25, 0.3) is 11.4 Å². The third-order valence-electron chi connectivity index (χ3n) is 3.25. The van der Waals surface area contributed by atoms with Gasteiger partial charge in [0.1, 0.15) is 5.75 Å². The van der Waals surface area contributed by atoms with E-state index in [0.717, 1.165) is 47.5 Å². The summed E-state index contributed by atoms with van der Waals surface area (Å²) in [5, 5.41) is 7.98. The summed E-state index contributed by atoms with van der Waals surface area (Å²) < 4.78 is 10.7. The average Bonchev–Trinajstić information content (AvgIpc) is 3.17. The first kappa shape index (κ1) is 13.5. The second kappa shape index (κ2) is 6.28. The molecule has 1 atom stereocenters. The highest BCUT2D eigenvalue weighted by Crippen LogP contribution is 2.24. The van der Waals surface area contributed by atoms with E-state index < -0.39 is 0 Å². The van der Waals surface area contributed by atoms with E-state index >= 15 is 0 Å². The molecule has 1 aliphatic rings. The fourth-order valence-electron chi connectivity index (χ4n) is 2.13. The van der Waals surface area contributed by atoms with Crippen LogP contribution in [-0.4, -0.2) is 40.8 Å². The molecular formula is C14H17N3O2S. The summed E-state index contributed by atoms with van der Waals surface area (Å²) >= 11 is 1.64. The van der Waals surface area contributed by atoms with Crippen LogP contribution in [0.5, 0.6) is 5.75 Å². The van der Waals surface area contributed by atoms with Crippen molar-refractivity contribution in [3.63, 3.8) is 0 Å². The molecule has 0 bridgehead atoms. The summed E-state index contributed by atoms with van der Waals surface area (Å²) in [4.78, 5) is 4.50. The maximum atomic E-state index is 5.59. The van der Waals surface area contributed by atoms with Gasteiger partial charge in [0.25, 0.3) is 0 Å². The smallest absolute Gasteiger partial charge is 0.208 e. The molecule has 6 heteroatoms. The monoisotopic (exact) mass is 291 g/mol. The van der Waals surface area contributed by atoms with Gasteiger partial charge in [0.2, 0.25) is 5.16 Å². The van der Waals surface area contributed by atoms with Crippen LogP contribution >= 0.6 is 11.8 Å². The van der Waals surface area contributed by atoms with Gasteiger partial charge in [0.05, 0.1) is 13.2 Å². The minimum absolute atomic E-state index is 0.350. The highest BCUT2D eigenvalue weighted by molar-refractivity contribution is 7.99. The number of benzene rings is 1. The minimum atomic E-state index is 0.350. The van der Waals surface area contributed by atoms with Crippen molar-refractivity contribution < 1.29 is 9.47 Å². The topological polar surface area (TPSA) is 60.0 Å². The number of methoxy groups -OCH3 is 1. The maximum Gasteiger partial charge on any atom is 0.208 e. The number of hydrogen-bond donors (Lipinski definition) is 1. The molecule has 0 aliphatic carbocycles. The largest absolute Gasteiger partial charge is 0.497 e. The second-order valence-corrected chi connectivity index (χ2v) is 5.63. The lowest BCUT2D eigenvalue weighted by molar-refractivity contribution is 0.129. The maximum absolute atomic E-state index is 5.59. The van der Waals surface area contributed by atoms with Gasteiger partial charge in [-0.05, 0) is 37.1 Å². The first-order chi connectivity index (χ1) is 9.85. The highest BCUT2D eigenvalue weighted by Gasteiger charge is 2.16. The standard InChI is InChI=1S/C14H17N3O2S/c1-18-11-6-4-10(5-7-11)13-15-14(17-16-13)20-9-12-3-2-8-19-12/h4-7,12H,2-3,8-9H2,1H3,(H,15,16,17). The molecule has 3 rings (SSSR count). The molecule has 0 spiro atoms. The van der Waals surface area contributed by atoms with Crippen molar-refractivity contribution in [1.29, 1.82) is 0 Å². The van der Waals surface area contributed by atoms with E-state index in [0.29, 0.717) is 6.10 Å². The van der Waals surface area contributed by atoms with Gasteiger partial charge >= 0.3 is 0 Å². The molecule has 1 fully saturated rings. The number of aromatic amines is 1. The molecule has 5 nitrogen and oxygen atoms in total. The molecule has 1 saturated heterocycles. The molecule has 20 heavy (non-hydrogen) atoms. The van der Waals surface area contributed by atoms with Crippen molar-refractivity contribution in [2.45, 2.75) is 24.1 Å². The molecule has 0 radical (unpaired) electrons. The Morgan fingerprint density at radius 3 is 2.95 bits per heavy atom. The molecule has 0 amide bonds. The van der Waals surface area contributed by atoms with Crippen LogP contribution < -0.4 is 4.74 Å². The summed E-state index contributed by atoms with van der Waals surface area (Å²) in [6.45, 7) is 0.885. The van der Waals surface area contributed by atoms with Crippen molar-refractivity contribution in [2.75, 3.05) is 19.5 Å². The summed E-state index contributed by atoms with van der Waals surface area (Å²) in [5.41, 5.74) is 1.00. The fourth-order valence-corrected chi connectivity index (χ4v) is 3.00. The number of rotatable bonds is 5. The van der Waals surface area contributed by atoms with Gasteiger partial charge in [0.15, 0.2) is 5.82 Å². The van der Waals surface area contributed by atoms with Crippen LogP contribution in [0.2, 0.25) is 0 Å². The van der Waals surface area contributed by atoms with Gasteiger partial charge in [0, 0.05) is 17.9 Å². The van der Waals surface area contributed by atoms with E-state index in [4.69, 9.17) is 9.47 Å². The van der Waals surface area contributed by atoms with E-state index in [2.05, 4.69) is 15.2 Å². The highest BCUT2D eigenvalue weighted by atomic mass is 32.2. The number of aromatic nitrogens is 3. The number of ether oxygens (including phenoxy) is 2. The Labute approximate surface area is 122 Å². The Bertz CT molecular complexity index is 550. The van der Waals surface area contributed by atoms with Crippen LogP contribution in [-0.2, 0) is 4.74 Å². The summed E-state index contributed by atoms with van der Waals surface area (Å²) in [6, 6.07) is 7.76. The number of thioether (sulfide) groups is 1. The van der Waals surface area contributed by atoms with Crippen molar-refractivity contribution in [2.24, 2.45) is 0 Å². The first-order valence-corrected chi connectivity index (χ1v) is 7.65. The zero-order valence-corrected chi connectivity index (χ0v) is 12.2. The Morgan fingerprint density at radius 2 is 2.25 bits per heavy atom. The van der Waals surface area contributed by atoms with Crippen LogP contribution in [0.15, 0.2) is 29.4 Å². The zero-order valence-electron chi connectivity index (χ0n) is 11.3. The quantitative estimate of drug-likeness (QED) is 0.858. The zero-order chi connectivity index (χ0) is 13.8. The van der Waals surface area contributed by atoms with E-state index in [1.165, 1.54) is 0 Å². The lowest BCUT2D eigenvalue weighted by atomic mass is 10.2. The average molecular weight is 291 g/mol. The van der Waals surface area contributed by atoms with E-state index in [-0.39, 0.29) is 0 Å². The number of nitrogens with zero attached hydrogens (tertiary/aromatic N) is 2. The van der Waals surface area contributed by atoms with Gasteiger partial charge in [-0.1, -0.05) is 11.8 Å². The van der Waals surface area contributed by atoms with Crippen molar-refractivity contribution >= 4 is 11.8 Å². The summed E-state index contributed by atoms with van der Waals surface area (Å²) in [7, 11) is 1.66. The van der Waals surface area contributed by atoms with Gasteiger partial charge < -0.3 is 9.47 Å². The van der Waals surface area contributed by atoms with Gasteiger partial charge in [-0.2, -0.15) is 0 Å².